The van der Waals surface area contributed by atoms with Crippen LogP contribution in [0.2, 0.25) is 10.0 Å². The second-order valence-electron chi connectivity index (χ2n) is 5.82. The lowest BCUT2D eigenvalue weighted by Gasteiger charge is -2.32. The van der Waals surface area contributed by atoms with E-state index in [0.717, 1.165) is 6.42 Å². The second kappa shape index (κ2) is 7.45. The number of sulfonamides is 1. The minimum Gasteiger partial charge on any atom is -0.473 e. The van der Waals surface area contributed by atoms with E-state index in [1.165, 1.54) is 22.8 Å². The Morgan fingerprint density at radius 2 is 2.08 bits per heavy atom. The molecule has 134 valence electrons. The summed E-state index contributed by atoms with van der Waals surface area (Å²) < 4.78 is 33.2. The summed E-state index contributed by atoms with van der Waals surface area (Å²) in [5.41, 5.74) is 0.662. The quantitative estimate of drug-likeness (QED) is 0.785. The minimum atomic E-state index is -3.73. The number of hydrogen-bond donors (Lipinski definition) is 0. The lowest BCUT2D eigenvalue weighted by Crippen LogP contribution is -2.44. The van der Waals surface area contributed by atoms with Gasteiger partial charge in [-0.3, -0.25) is 0 Å². The summed E-state index contributed by atoms with van der Waals surface area (Å²) >= 11 is 12.1. The van der Waals surface area contributed by atoms with E-state index in [1.54, 1.807) is 19.2 Å². The van der Waals surface area contributed by atoms with Gasteiger partial charge < -0.3 is 4.74 Å². The van der Waals surface area contributed by atoms with Crippen LogP contribution in [0.1, 0.15) is 18.4 Å². The molecule has 2 aromatic rings. The van der Waals surface area contributed by atoms with Crippen LogP contribution in [0.5, 0.6) is 5.88 Å². The highest BCUT2D eigenvalue weighted by atomic mass is 35.5. The highest BCUT2D eigenvalue weighted by Crippen LogP contribution is 2.31. The van der Waals surface area contributed by atoms with Crippen molar-refractivity contribution in [3.8, 4) is 5.88 Å². The molecule has 1 aromatic heterocycles. The van der Waals surface area contributed by atoms with Crippen molar-refractivity contribution in [3.63, 3.8) is 0 Å². The molecule has 1 saturated heterocycles. The monoisotopic (exact) mass is 401 g/mol. The van der Waals surface area contributed by atoms with E-state index in [1.807, 2.05) is 0 Å². The van der Waals surface area contributed by atoms with Crippen molar-refractivity contribution in [2.24, 2.45) is 0 Å². The molecule has 3 rings (SSSR count). The summed E-state index contributed by atoms with van der Waals surface area (Å²) in [7, 11) is -3.73. The van der Waals surface area contributed by atoms with E-state index in [2.05, 4.69) is 9.97 Å². The molecule has 1 atom stereocenters. The molecule has 1 unspecified atom stereocenters. The van der Waals surface area contributed by atoms with Gasteiger partial charge in [0, 0.05) is 23.8 Å². The standard InChI is InChI=1S/C16H17Cl2N3O3S/c1-11-7-15(14(18)8-13(11)17)25(22,23)21-6-2-3-12(9-21)24-16-4-5-19-10-20-16/h4-5,7-8,10,12H,2-3,6,9H2,1H3. The first-order valence-corrected chi connectivity index (χ1v) is 9.96. The minimum absolute atomic E-state index is 0.0683. The van der Waals surface area contributed by atoms with Gasteiger partial charge in [-0.2, -0.15) is 4.31 Å². The van der Waals surface area contributed by atoms with Gasteiger partial charge in [0.15, 0.2) is 0 Å². The number of halogens is 2. The number of benzene rings is 1. The Labute approximate surface area is 156 Å². The molecule has 0 N–H and O–H groups in total. The predicted octanol–water partition coefficient (Wildman–Crippen LogP) is 3.32. The van der Waals surface area contributed by atoms with Crippen LogP contribution in [0.25, 0.3) is 0 Å². The number of aryl methyl sites for hydroxylation is 1. The number of rotatable bonds is 4. The molecule has 1 aliphatic heterocycles. The number of ether oxygens (including phenoxy) is 1. The normalized spacial score (nSPS) is 18.9. The Hall–Kier alpha value is -1.41. The topological polar surface area (TPSA) is 72.4 Å². The Balaban J connectivity index is 1.81. The summed E-state index contributed by atoms with van der Waals surface area (Å²) in [6.45, 7) is 2.41. The van der Waals surface area contributed by atoms with Crippen LogP contribution >= 0.6 is 23.2 Å². The van der Waals surface area contributed by atoms with Gasteiger partial charge in [-0.15, -0.1) is 0 Å². The van der Waals surface area contributed by atoms with Gasteiger partial charge in [-0.05, 0) is 37.5 Å². The van der Waals surface area contributed by atoms with Crippen molar-refractivity contribution < 1.29 is 13.2 Å². The molecular weight excluding hydrogens is 385 g/mol. The van der Waals surface area contributed by atoms with Gasteiger partial charge in [-0.1, -0.05) is 23.2 Å². The maximum absolute atomic E-state index is 13.0. The Morgan fingerprint density at radius 3 is 2.80 bits per heavy atom. The van der Waals surface area contributed by atoms with Gasteiger partial charge in [0.25, 0.3) is 0 Å². The van der Waals surface area contributed by atoms with Crippen LogP contribution < -0.4 is 4.74 Å². The van der Waals surface area contributed by atoms with Crippen molar-refractivity contribution in [1.82, 2.24) is 14.3 Å². The van der Waals surface area contributed by atoms with Crippen LogP contribution in [0, 0.1) is 6.92 Å². The third kappa shape index (κ3) is 4.06. The largest absolute Gasteiger partial charge is 0.473 e. The maximum Gasteiger partial charge on any atom is 0.244 e. The lowest BCUT2D eigenvalue weighted by atomic mass is 10.1. The van der Waals surface area contributed by atoms with Crippen molar-refractivity contribution >= 4 is 33.2 Å². The van der Waals surface area contributed by atoms with Crippen molar-refractivity contribution in [2.75, 3.05) is 13.1 Å². The van der Waals surface area contributed by atoms with E-state index in [0.29, 0.717) is 29.4 Å². The van der Waals surface area contributed by atoms with E-state index < -0.39 is 10.0 Å². The maximum atomic E-state index is 13.0. The van der Waals surface area contributed by atoms with Gasteiger partial charge in [0.05, 0.1) is 11.6 Å². The first-order valence-electron chi connectivity index (χ1n) is 7.76. The average molecular weight is 402 g/mol. The highest BCUT2D eigenvalue weighted by Gasteiger charge is 2.33. The van der Waals surface area contributed by atoms with Crippen molar-refractivity contribution in [3.05, 3.63) is 46.3 Å². The molecule has 0 aliphatic carbocycles. The van der Waals surface area contributed by atoms with E-state index >= 15 is 0 Å². The number of nitrogens with zero attached hydrogens (tertiary/aromatic N) is 3. The summed E-state index contributed by atoms with van der Waals surface area (Å²) in [4.78, 5) is 7.92. The zero-order valence-corrected chi connectivity index (χ0v) is 15.9. The highest BCUT2D eigenvalue weighted by molar-refractivity contribution is 7.89. The first-order chi connectivity index (χ1) is 11.9. The molecule has 6 nitrogen and oxygen atoms in total. The molecule has 0 radical (unpaired) electrons. The summed E-state index contributed by atoms with van der Waals surface area (Å²) in [5, 5.41) is 0.557. The van der Waals surface area contributed by atoms with Gasteiger partial charge >= 0.3 is 0 Å². The molecule has 1 aromatic carbocycles. The number of hydrogen-bond acceptors (Lipinski definition) is 5. The van der Waals surface area contributed by atoms with Crippen LogP contribution in [0.3, 0.4) is 0 Å². The SMILES string of the molecule is Cc1cc(S(=O)(=O)N2CCCC(Oc3ccncn3)C2)c(Cl)cc1Cl. The zero-order valence-electron chi connectivity index (χ0n) is 13.5. The Bertz CT molecular complexity index is 862. The average Bonchev–Trinajstić information content (AvgIpc) is 2.59. The fourth-order valence-corrected chi connectivity index (χ4v) is 5.02. The molecule has 1 fully saturated rings. The number of piperidine rings is 1. The van der Waals surface area contributed by atoms with Gasteiger partial charge in [-0.25, -0.2) is 18.4 Å². The zero-order chi connectivity index (χ0) is 18.0. The molecule has 1 aliphatic rings. The van der Waals surface area contributed by atoms with Gasteiger partial charge in [0.1, 0.15) is 17.3 Å². The molecule has 0 spiro atoms. The smallest absolute Gasteiger partial charge is 0.244 e. The van der Waals surface area contributed by atoms with Crippen LogP contribution in [0.15, 0.2) is 35.6 Å². The number of aromatic nitrogens is 2. The summed E-state index contributed by atoms with van der Waals surface area (Å²) in [6, 6.07) is 4.62. The molecule has 2 heterocycles. The second-order valence-corrected chi connectivity index (χ2v) is 8.55. The summed E-state index contributed by atoms with van der Waals surface area (Å²) in [6.07, 6.45) is 4.15. The predicted molar refractivity (Wildman–Crippen MR) is 95.6 cm³/mol. The fourth-order valence-electron chi connectivity index (χ4n) is 2.71. The van der Waals surface area contributed by atoms with E-state index in [9.17, 15) is 8.42 Å². The molecule has 0 saturated carbocycles. The van der Waals surface area contributed by atoms with Gasteiger partial charge in [0.2, 0.25) is 15.9 Å². The third-order valence-corrected chi connectivity index (χ3v) is 6.75. The van der Waals surface area contributed by atoms with Crippen LogP contribution in [-0.4, -0.2) is 41.9 Å². The Kier molecular flexibility index (Phi) is 5.48. The third-order valence-electron chi connectivity index (χ3n) is 4.01. The van der Waals surface area contributed by atoms with E-state index in [-0.39, 0.29) is 22.6 Å². The van der Waals surface area contributed by atoms with Crippen molar-refractivity contribution in [2.45, 2.75) is 30.8 Å². The molecular formula is C16H17Cl2N3O3S. The lowest BCUT2D eigenvalue weighted by molar-refractivity contribution is 0.124. The van der Waals surface area contributed by atoms with Crippen molar-refractivity contribution in [1.29, 1.82) is 0 Å². The molecule has 9 heteroatoms. The molecule has 0 amide bonds. The van der Waals surface area contributed by atoms with Crippen LogP contribution in [-0.2, 0) is 10.0 Å². The molecule has 25 heavy (non-hydrogen) atoms. The summed E-state index contributed by atoms with van der Waals surface area (Å²) in [5.74, 6) is 0.430. The first kappa shape index (κ1) is 18.4. The molecule has 0 bridgehead atoms. The fraction of sp³-hybridized carbons (Fsp3) is 0.375. The van der Waals surface area contributed by atoms with E-state index in [4.69, 9.17) is 27.9 Å². The Morgan fingerprint density at radius 1 is 1.28 bits per heavy atom. The van der Waals surface area contributed by atoms with Crippen LogP contribution in [0.4, 0.5) is 0 Å².